The largest absolute Gasteiger partial charge is 0.488 e. The van der Waals surface area contributed by atoms with E-state index in [-0.39, 0.29) is 52.8 Å². The maximum atomic E-state index is 15.8. The van der Waals surface area contributed by atoms with Crippen molar-refractivity contribution in [3.05, 3.63) is 81.9 Å². The van der Waals surface area contributed by atoms with Gasteiger partial charge < -0.3 is 26.0 Å². The highest BCUT2D eigenvalue weighted by Gasteiger charge is 2.43. The van der Waals surface area contributed by atoms with Crippen molar-refractivity contribution >= 4 is 17.5 Å². The fraction of sp³-hybridized carbons (Fsp3) is 0.296. The number of unbranched alkanes of at least 4 members (excludes halogenated alkanes) is 1. The lowest BCUT2D eigenvalue weighted by Gasteiger charge is -2.29. The third-order valence-electron chi connectivity index (χ3n) is 6.36. The summed E-state index contributed by atoms with van der Waals surface area (Å²) < 4.78 is 42.6. The lowest BCUT2D eigenvalue weighted by atomic mass is 9.82. The third kappa shape index (κ3) is 4.76. The van der Waals surface area contributed by atoms with E-state index in [1.54, 1.807) is 0 Å². The van der Waals surface area contributed by atoms with Gasteiger partial charge in [0.15, 0.2) is 11.6 Å². The number of carbonyl (C=O) groups is 1. The topological polar surface area (TPSA) is 108 Å². The lowest BCUT2D eigenvalue weighted by Crippen LogP contribution is -2.31. The maximum absolute atomic E-state index is 15.8. The average Bonchev–Trinajstić information content (AvgIpc) is 3.24. The van der Waals surface area contributed by atoms with Gasteiger partial charge in [0, 0.05) is 29.2 Å². The Morgan fingerprint density at radius 1 is 1.14 bits per heavy atom. The molecular weight excluding hydrogens is 490 g/mol. The highest BCUT2D eigenvalue weighted by atomic mass is 35.5. The van der Waals surface area contributed by atoms with Crippen LogP contribution in [0.25, 0.3) is 11.1 Å². The zero-order chi connectivity index (χ0) is 25.9. The quantitative estimate of drug-likeness (QED) is 0.338. The molecule has 1 amide bonds. The van der Waals surface area contributed by atoms with E-state index in [2.05, 4.69) is 0 Å². The second-order valence-electron chi connectivity index (χ2n) is 8.65. The lowest BCUT2D eigenvalue weighted by molar-refractivity contribution is 0.0793. The van der Waals surface area contributed by atoms with Gasteiger partial charge in [0.05, 0.1) is 17.2 Å². The maximum Gasteiger partial charge on any atom is 0.249 e. The van der Waals surface area contributed by atoms with Gasteiger partial charge in [-0.2, -0.15) is 0 Å². The van der Waals surface area contributed by atoms with Gasteiger partial charge in [-0.25, -0.2) is 8.78 Å². The summed E-state index contributed by atoms with van der Waals surface area (Å²) in [6.07, 6.45) is 2.34. The van der Waals surface area contributed by atoms with Crippen molar-refractivity contribution in [2.24, 2.45) is 11.5 Å². The van der Waals surface area contributed by atoms with Crippen molar-refractivity contribution in [1.29, 1.82) is 0 Å². The van der Waals surface area contributed by atoms with Gasteiger partial charge in [-0.3, -0.25) is 4.79 Å². The summed E-state index contributed by atoms with van der Waals surface area (Å²) in [7, 11) is 0. The second-order valence-corrected chi connectivity index (χ2v) is 9.02. The highest BCUT2D eigenvalue weighted by Crippen LogP contribution is 2.52. The number of hydrogen-bond acceptors (Lipinski definition) is 5. The summed E-state index contributed by atoms with van der Waals surface area (Å²) in [4.78, 5) is 12.3. The molecule has 4 rings (SSSR count). The van der Waals surface area contributed by atoms with Crippen LogP contribution in [0.3, 0.4) is 0 Å². The molecule has 1 aliphatic heterocycles. The van der Waals surface area contributed by atoms with Crippen molar-refractivity contribution in [3.8, 4) is 22.6 Å². The molecule has 1 unspecified atom stereocenters. The number of amides is 1. The number of ether oxygens (including phenoxy) is 2. The van der Waals surface area contributed by atoms with Crippen molar-refractivity contribution in [2.75, 3.05) is 19.8 Å². The second kappa shape index (κ2) is 10.8. The van der Waals surface area contributed by atoms with Crippen LogP contribution in [-0.2, 0) is 12.0 Å². The molecule has 190 valence electrons. The first-order valence-electron chi connectivity index (χ1n) is 11.6. The third-order valence-corrected chi connectivity index (χ3v) is 6.73. The number of fused-ring (bicyclic) bond motifs is 1. The van der Waals surface area contributed by atoms with Crippen LogP contribution in [0.5, 0.6) is 11.5 Å². The molecule has 9 heteroatoms. The molecule has 5 N–H and O–H groups in total. The molecule has 0 bridgehead atoms. The summed E-state index contributed by atoms with van der Waals surface area (Å²) in [5.41, 5.74) is 11.3. The summed E-state index contributed by atoms with van der Waals surface area (Å²) in [5.74, 6) is -2.69. The molecule has 1 aliphatic rings. The van der Waals surface area contributed by atoms with Crippen molar-refractivity contribution in [2.45, 2.75) is 31.3 Å². The molecule has 0 saturated heterocycles. The SMILES string of the molecule is NCCCCC1(c2ccccc2)Cc2c(cc(F)c(Cl)c2-c2c(C(N)=O)ccc(OCCO)c2F)O1. The van der Waals surface area contributed by atoms with Gasteiger partial charge in [0.2, 0.25) is 5.91 Å². The fourth-order valence-corrected chi connectivity index (χ4v) is 4.98. The molecule has 0 spiro atoms. The Kier molecular flexibility index (Phi) is 7.78. The first-order chi connectivity index (χ1) is 17.3. The van der Waals surface area contributed by atoms with E-state index >= 15 is 8.78 Å². The van der Waals surface area contributed by atoms with Crippen molar-refractivity contribution < 1.29 is 28.2 Å². The Hall–Kier alpha value is -3.20. The molecule has 3 aromatic carbocycles. The standard InChI is InChI=1S/C27H27ClF2N2O4/c28-24-19(29)14-21-18(15-27(36-21,10-4-5-11-31)16-6-2-1-3-7-16)22(24)23-17(26(32)34)8-9-20(25(23)30)35-13-12-33/h1-3,6-9,14,33H,4-5,10-13,15,31H2,(H2,32,34). The van der Waals surface area contributed by atoms with E-state index in [0.29, 0.717) is 18.5 Å². The average molecular weight is 517 g/mol. The van der Waals surface area contributed by atoms with Crippen molar-refractivity contribution in [1.82, 2.24) is 0 Å². The molecule has 0 radical (unpaired) electrons. The number of primary amides is 1. The Morgan fingerprint density at radius 3 is 2.56 bits per heavy atom. The number of rotatable bonds is 10. The molecule has 0 aliphatic carbocycles. The van der Waals surface area contributed by atoms with Crippen molar-refractivity contribution in [3.63, 3.8) is 0 Å². The van der Waals surface area contributed by atoms with E-state index < -0.39 is 23.1 Å². The number of halogens is 3. The summed E-state index contributed by atoms with van der Waals surface area (Å²) in [5, 5.41) is 8.74. The van der Waals surface area contributed by atoms with Crippen LogP contribution in [0.2, 0.25) is 5.02 Å². The van der Waals surface area contributed by atoms with Gasteiger partial charge in [0.25, 0.3) is 0 Å². The predicted molar refractivity (Wildman–Crippen MR) is 133 cm³/mol. The molecule has 0 fully saturated rings. The fourth-order valence-electron chi connectivity index (χ4n) is 4.72. The Labute approximate surface area is 212 Å². The van der Waals surface area contributed by atoms with E-state index in [4.69, 9.17) is 37.6 Å². The Morgan fingerprint density at radius 2 is 1.89 bits per heavy atom. The number of hydrogen-bond donors (Lipinski definition) is 3. The number of carbonyl (C=O) groups excluding carboxylic acids is 1. The smallest absolute Gasteiger partial charge is 0.249 e. The number of benzene rings is 3. The molecule has 1 heterocycles. The highest BCUT2D eigenvalue weighted by molar-refractivity contribution is 6.34. The first kappa shape index (κ1) is 25.9. The zero-order valence-electron chi connectivity index (χ0n) is 19.5. The van der Waals surface area contributed by atoms with E-state index in [0.717, 1.165) is 18.4 Å². The normalized spacial score (nSPS) is 16.5. The van der Waals surface area contributed by atoms with Crippen LogP contribution in [0.15, 0.2) is 48.5 Å². The van der Waals surface area contributed by atoms with Crippen LogP contribution in [-0.4, -0.2) is 30.8 Å². The van der Waals surface area contributed by atoms with Gasteiger partial charge in [-0.15, -0.1) is 0 Å². The molecule has 0 aromatic heterocycles. The molecule has 1 atom stereocenters. The molecular formula is C27H27ClF2N2O4. The number of aliphatic hydroxyl groups excluding tert-OH is 1. The first-order valence-corrected chi connectivity index (χ1v) is 12.0. The van der Waals surface area contributed by atoms with Crippen LogP contribution in [0, 0.1) is 11.6 Å². The minimum absolute atomic E-state index is 0.0101. The Bertz CT molecular complexity index is 1270. The zero-order valence-corrected chi connectivity index (χ0v) is 20.3. The van der Waals surface area contributed by atoms with E-state index in [1.807, 2.05) is 30.3 Å². The minimum atomic E-state index is -0.935. The summed E-state index contributed by atoms with van der Waals surface area (Å²) in [6.45, 7) is -0.0152. The number of nitrogens with two attached hydrogens (primary N) is 2. The van der Waals surface area contributed by atoms with Gasteiger partial charge >= 0.3 is 0 Å². The molecule has 3 aromatic rings. The van der Waals surface area contributed by atoms with Gasteiger partial charge in [0.1, 0.15) is 23.8 Å². The summed E-state index contributed by atoms with van der Waals surface area (Å²) >= 11 is 6.44. The predicted octanol–water partition coefficient (Wildman–Crippen LogP) is 4.71. The Balaban J connectivity index is 1.93. The number of aliphatic hydroxyl groups is 1. The van der Waals surface area contributed by atoms with Crippen LogP contribution >= 0.6 is 11.6 Å². The van der Waals surface area contributed by atoms with E-state index in [1.165, 1.54) is 18.2 Å². The monoisotopic (exact) mass is 516 g/mol. The molecule has 0 saturated carbocycles. The van der Waals surface area contributed by atoms with Crippen LogP contribution in [0.1, 0.15) is 40.7 Å². The van der Waals surface area contributed by atoms with Gasteiger partial charge in [-0.1, -0.05) is 41.9 Å². The van der Waals surface area contributed by atoms with Crippen LogP contribution < -0.4 is 20.9 Å². The van der Waals surface area contributed by atoms with E-state index in [9.17, 15) is 4.79 Å². The molecule has 6 nitrogen and oxygen atoms in total. The van der Waals surface area contributed by atoms with Crippen LogP contribution in [0.4, 0.5) is 8.78 Å². The summed E-state index contributed by atoms with van der Waals surface area (Å²) in [6, 6.07) is 13.2. The van der Waals surface area contributed by atoms with Gasteiger partial charge in [-0.05, 0) is 43.5 Å². The molecule has 36 heavy (non-hydrogen) atoms. The minimum Gasteiger partial charge on any atom is -0.488 e.